The van der Waals surface area contributed by atoms with Gasteiger partial charge in [-0.25, -0.2) is 4.39 Å². The number of nitrogens with zero attached hydrogens (tertiary/aromatic N) is 3. The third kappa shape index (κ3) is 2.74. The summed E-state index contributed by atoms with van der Waals surface area (Å²) in [6, 6.07) is 8.91. The zero-order valence-electron chi connectivity index (χ0n) is 11.1. The van der Waals surface area contributed by atoms with Gasteiger partial charge in [-0.2, -0.15) is 5.10 Å². The van der Waals surface area contributed by atoms with Crippen LogP contribution in [-0.2, 0) is 6.54 Å². The van der Waals surface area contributed by atoms with Crippen LogP contribution in [0.15, 0.2) is 55.1 Å². The molecule has 0 aliphatic heterocycles. The molecular formula is C16H14FN3. The molecule has 0 aliphatic carbocycles. The number of hydrogen-bond acceptors (Lipinski definition) is 2. The van der Waals surface area contributed by atoms with Crippen LogP contribution in [0.25, 0.3) is 11.1 Å². The average molecular weight is 267 g/mol. The molecule has 3 aromatic rings. The first-order chi connectivity index (χ1) is 9.70. The Bertz CT molecular complexity index is 699. The first-order valence-electron chi connectivity index (χ1n) is 6.39. The van der Waals surface area contributed by atoms with Crippen molar-refractivity contribution in [2.45, 2.75) is 13.5 Å². The predicted molar refractivity (Wildman–Crippen MR) is 75.7 cm³/mol. The Morgan fingerprint density at radius 3 is 2.80 bits per heavy atom. The predicted octanol–water partition coefficient (Wildman–Crippen LogP) is 3.44. The van der Waals surface area contributed by atoms with Crippen molar-refractivity contribution in [1.29, 1.82) is 0 Å². The molecule has 0 atom stereocenters. The summed E-state index contributed by atoms with van der Waals surface area (Å²) < 4.78 is 15.2. The summed E-state index contributed by atoms with van der Waals surface area (Å²) in [4.78, 5) is 4.09. The summed E-state index contributed by atoms with van der Waals surface area (Å²) in [7, 11) is 0. The highest BCUT2D eigenvalue weighted by Gasteiger charge is 2.04. The maximum atomic E-state index is 13.4. The van der Waals surface area contributed by atoms with Crippen molar-refractivity contribution < 1.29 is 4.39 Å². The highest BCUT2D eigenvalue weighted by atomic mass is 19.1. The summed E-state index contributed by atoms with van der Waals surface area (Å²) in [6.45, 7) is 2.44. The van der Waals surface area contributed by atoms with E-state index in [9.17, 15) is 4.39 Å². The molecule has 0 saturated carbocycles. The van der Waals surface area contributed by atoms with E-state index in [2.05, 4.69) is 10.1 Å². The van der Waals surface area contributed by atoms with Crippen LogP contribution in [0.3, 0.4) is 0 Å². The van der Waals surface area contributed by atoms with Crippen molar-refractivity contribution >= 4 is 0 Å². The second-order valence-corrected chi connectivity index (χ2v) is 4.81. The van der Waals surface area contributed by atoms with Gasteiger partial charge in [0.2, 0.25) is 0 Å². The molecule has 0 aliphatic rings. The number of rotatable bonds is 3. The van der Waals surface area contributed by atoms with E-state index in [4.69, 9.17) is 0 Å². The van der Waals surface area contributed by atoms with Gasteiger partial charge >= 0.3 is 0 Å². The van der Waals surface area contributed by atoms with Crippen LogP contribution in [0.2, 0.25) is 0 Å². The van der Waals surface area contributed by atoms with Crippen molar-refractivity contribution in [1.82, 2.24) is 14.8 Å². The van der Waals surface area contributed by atoms with E-state index in [-0.39, 0.29) is 5.82 Å². The Hall–Kier alpha value is -2.49. The molecule has 4 heteroatoms. The second-order valence-electron chi connectivity index (χ2n) is 4.81. The summed E-state index contributed by atoms with van der Waals surface area (Å²) in [5, 5.41) is 4.31. The molecule has 0 saturated heterocycles. The largest absolute Gasteiger partial charge is 0.268 e. The zero-order valence-corrected chi connectivity index (χ0v) is 11.1. The van der Waals surface area contributed by atoms with Crippen molar-refractivity contribution in [2.75, 3.05) is 0 Å². The normalized spacial score (nSPS) is 10.7. The minimum atomic E-state index is -0.209. The molecule has 3 rings (SSSR count). The van der Waals surface area contributed by atoms with Gasteiger partial charge in [0, 0.05) is 29.7 Å². The number of aryl methyl sites for hydroxylation is 1. The highest BCUT2D eigenvalue weighted by molar-refractivity contribution is 5.60. The SMILES string of the molecule is Cc1cc(F)cc(Cn2cc(-c3cccnc3)cn2)c1. The van der Waals surface area contributed by atoms with E-state index in [1.54, 1.807) is 29.3 Å². The molecule has 3 nitrogen and oxygen atoms in total. The fourth-order valence-electron chi connectivity index (χ4n) is 2.22. The van der Waals surface area contributed by atoms with Gasteiger partial charge in [-0.3, -0.25) is 9.67 Å². The molecule has 2 heterocycles. The molecule has 0 fully saturated rings. The number of aromatic nitrogens is 3. The smallest absolute Gasteiger partial charge is 0.123 e. The average Bonchev–Trinajstić information content (AvgIpc) is 2.87. The molecule has 1 aromatic carbocycles. The molecule has 0 radical (unpaired) electrons. The summed E-state index contributed by atoms with van der Waals surface area (Å²) in [5.74, 6) is -0.209. The summed E-state index contributed by atoms with van der Waals surface area (Å²) in [6.07, 6.45) is 7.28. The maximum absolute atomic E-state index is 13.4. The van der Waals surface area contributed by atoms with E-state index < -0.39 is 0 Å². The molecule has 20 heavy (non-hydrogen) atoms. The minimum Gasteiger partial charge on any atom is -0.268 e. The van der Waals surface area contributed by atoms with Gasteiger partial charge in [-0.05, 0) is 36.2 Å². The Morgan fingerprint density at radius 1 is 1.15 bits per heavy atom. The van der Waals surface area contributed by atoms with Crippen LogP contribution in [0, 0.1) is 12.7 Å². The summed E-state index contributed by atoms with van der Waals surface area (Å²) in [5.41, 5.74) is 3.85. The summed E-state index contributed by atoms with van der Waals surface area (Å²) >= 11 is 0. The van der Waals surface area contributed by atoms with E-state index in [0.717, 1.165) is 22.3 Å². The monoisotopic (exact) mass is 267 g/mol. The fraction of sp³-hybridized carbons (Fsp3) is 0.125. The third-order valence-corrected chi connectivity index (χ3v) is 3.07. The number of hydrogen-bond donors (Lipinski definition) is 0. The van der Waals surface area contributed by atoms with Gasteiger partial charge < -0.3 is 0 Å². The minimum absolute atomic E-state index is 0.209. The molecule has 0 bridgehead atoms. The molecule has 0 spiro atoms. The Balaban J connectivity index is 1.84. The second kappa shape index (κ2) is 5.25. The lowest BCUT2D eigenvalue weighted by Crippen LogP contribution is -2.00. The zero-order chi connectivity index (χ0) is 13.9. The molecule has 0 unspecified atom stereocenters. The van der Waals surface area contributed by atoms with Crippen LogP contribution in [0.1, 0.15) is 11.1 Å². The Kier molecular flexibility index (Phi) is 3.29. The Morgan fingerprint density at radius 2 is 2.05 bits per heavy atom. The van der Waals surface area contributed by atoms with Crippen LogP contribution < -0.4 is 0 Å². The molecule has 100 valence electrons. The molecule has 2 aromatic heterocycles. The van der Waals surface area contributed by atoms with Crippen LogP contribution in [-0.4, -0.2) is 14.8 Å². The van der Waals surface area contributed by atoms with Gasteiger partial charge in [-0.15, -0.1) is 0 Å². The first-order valence-corrected chi connectivity index (χ1v) is 6.39. The van der Waals surface area contributed by atoms with Crippen molar-refractivity contribution in [3.05, 3.63) is 72.1 Å². The number of pyridine rings is 1. The van der Waals surface area contributed by atoms with Gasteiger partial charge in [0.05, 0.1) is 12.7 Å². The van der Waals surface area contributed by atoms with Gasteiger partial charge in [0.15, 0.2) is 0 Å². The fourth-order valence-corrected chi connectivity index (χ4v) is 2.22. The Labute approximate surface area is 116 Å². The van der Waals surface area contributed by atoms with Gasteiger partial charge in [0.25, 0.3) is 0 Å². The highest BCUT2D eigenvalue weighted by Crippen LogP contribution is 2.17. The van der Waals surface area contributed by atoms with Gasteiger partial charge in [0.1, 0.15) is 5.82 Å². The van der Waals surface area contributed by atoms with E-state index in [1.165, 1.54) is 6.07 Å². The third-order valence-electron chi connectivity index (χ3n) is 3.07. The lowest BCUT2D eigenvalue weighted by Gasteiger charge is -2.03. The lowest BCUT2D eigenvalue weighted by molar-refractivity contribution is 0.618. The molecule has 0 amide bonds. The molecular weight excluding hydrogens is 253 g/mol. The number of benzene rings is 1. The van der Waals surface area contributed by atoms with E-state index >= 15 is 0 Å². The van der Waals surface area contributed by atoms with Crippen LogP contribution in [0.4, 0.5) is 4.39 Å². The van der Waals surface area contributed by atoms with E-state index in [1.807, 2.05) is 31.3 Å². The van der Waals surface area contributed by atoms with Crippen LogP contribution in [0.5, 0.6) is 0 Å². The lowest BCUT2D eigenvalue weighted by atomic mass is 10.1. The van der Waals surface area contributed by atoms with Crippen molar-refractivity contribution in [3.8, 4) is 11.1 Å². The standard InChI is InChI=1S/C16H14FN3/c1-12-5-13(7-16(17)6-12)10-20-11-15(9-19-20)14-3-2-4-18-8-14/h2-9,11H,10H2,1H3. The number of halogens is 1. The van der Waals surface area contributed by atoms with Crippen molar-refractivity contribution in [3.63, 3.8) is 0 Å². The molecule has 0 N–H and O–H groups in total. The maximum Gasteiger partial charge on any atom is 0.123 e. The van der Waals surface area contributed by atoms with E-state index in [0.29, 0.717) is 6.54 Å². The van der Waals surface area contributed by atoms with Crippen molar-refractivity contribution in [2.24, 2.45) is 0 Å². The van der Waals surface area contributed by atoms with Gasteiger partial charge in [-0.1, -0.05) is 12.1 Å². The van der Waals surface area contributed by atoms with Crippen LogP contribution >= 0.6 is 0 Å². The first kappa shape index (κ1) is 12.5. The quantitative estimate of drug-likeness (QED) is 0.727. The topological polar surface area (TPSA) is 30.7 Å².